The molecule has 1 atom stereocenters. The normalized spacial score (nSPS) is 14.2. The largest absolute Gasteiger partial charge is 0.454 e. The minimum atomic E-state index is -0.222. The van der Waals surface area contributed by atoms with Crippen molar-refractivity contribution in [3.05, 3.63) is 160 Å². The van der Waals surface area contributed by atoms with Gasteiger partial charge in [0.05, 0.1) is 12.2 Å². The van der Waals surface area contributed by atoms with Crippen molar-refractivity contribution in [1.29, 1.82) is 0 Å². The van der Waals surface area contributed by atoms with Crippen molar-refractivity contribution in [2.45, 2.75) is 253 Å². The average molecular weight is 1150 g/mol. The van der Waals surface area contributed by atoms with E-state index in [9.17, 15) is 4.79 Å². The second kappa shape index (κ2) is 31.5. The van der Waals surface area contributed by atoms with Crippen LogP contribution in [-0.4, -0.2) is 79.4 Å². The fourth-order valence-electron chi connectivity index (χ4n) is 7.36. The molecule has 8 rings (SSSR count). The highest BCUT2D eigenvalue weighted by Gasteiger charge is 2.29. The second-order valence-corrected chi connectivity index (χ2v) is 29.9. The lowest BCUT2D eigenvalue weighted by Gasteiger charge is -2.23. The predicted octanol–water partition coefficient (Wildman–Crippen LogP) is 16.9. The maximum atomic E-state index is 10.6. The predicted molar refractivity (Wildman–Crippen MR) is 352 cm³/mol. The SMILES string of the molecule is CC(C)(C)C1C=CC(=O)O1.CC1=NCC=C1C(C)(C)C.Cc1cc(C(C)(C)C)ccn1.Cc1cc(C(C)(C)C)n[nH]1.Cc1cc(C(C)(C)C)ncn1.Cc1ccnc(C(C)(C)C)n1.Cc1ncc(C(C)(C)C)[nH]1.Cc1nccc(C(C)(C)C)n1. The summed E-state index contributed by atoms with van der Waals surface area (Å²) in [6.45, 7) is 66.5. The Kier molecular flexibility index (Phi) is 28.3. The van der Waals surface area contributed by atoms with Crippen LogP contribution in [0.2, 0.25) is 0 Å². The van der Waals surface area contributed by atoms with Crippen LogP contribution in [0.5, 0.6) is 0 Å². The van der Waals surface area contributed by atoms with Gasteiger partial charge in [0, 0.05) is 109 Å². The highest BCUT2D eigenvalue weighted by Crippen LogP contribution is 2.29. The third-order valence-corrected chi connectivity index (χ3v) is 12.7. The summed E-state index contributed by atoms with van der Waals surface area (Å²) in [6.07, 6.45) is 14.5. The number of ether oxygens (including phenoxy) is 1. The summed E-state index contributed by atoms with van der Waals surface area (Å²) in [5.74, 6) is 2.53. The molecule has 0 amide bonds. The Labute approximate surface area is 509 Å². The van der Waals surface area contributed by atoms with Gasteiger partial charge in [0.1, 0.15) is 29.9 Å². The quantitative estimate of drug-likeness (QED) is 0.138. The number of aromatic nitrogens is 11. The fraction of sp³-hybridized carbons (Fsp3) is 0.586. The standard InChI is InChI=1S/C10H15N.3C9H14N2.C9H15N.2C8H14N2.C8H12O2/c1-8-7-9(5-6-11-8)10(2,3)4;1-7-5-8(9(2,3)4)11-6-10-7;1-7-10-6-5-8(11-7)9(2,3)4;1-7-5-6-10-8(11-7)9(2,3)4;1-7-8(5-6-10-7)9(2,3)4;1-6-9-5-7(10-6)8(2,3)4;1-6-5-7(10-9-6)8(2,3)4;1-8(2,3)6-4-5-7(9)10-6/h5-7H,1-4H3;3*5-6H,1-4H3;5H,6H2,1-4H3;2*5H,1-4H3,(H,9,10);4-6H,1-3H3. The summed E-state index contributed by atoms with van der Waals surface area (Å²) in [4.78, 5) is 51.5. The number of hydrogen-bond acceptors (Lipinski definition) is 12. The topological polar surface area (TPSA) is 186 Å². The van der Waals surface area contributed by atoms with Gasteiger partial charge in [0.15, 0.2) is 0 Å². The van der Waals surface area contributed by atoms with E-state index in [2.05, 4.69) is 237 Å². The van der Waals surface area contributed by atoms with Crippen LogP contribution in [0.3, 0.4) is 0 Å². The molecule has 0 saturated heterocycles. The number of aryl methyl sites for hydroxylation is 6. The molecule has 6 aromatic rings. The molecule has 0 fully saturated rings. The van der Waals surface area contributed by atoms with E-state index in [-0.39, 0.29) is 55.4 Å². The summed E-state index contributed by atoms with van der Waals surface area (Å²) >= 11 is 0. The number of esters is 1. The number of nitrogens with zero attached hydrogens (tertiary/aromatic N) is 10. The van der Waals surface area contributed by atoms with E-state index in [0.717, 1.165) is 63.9 Å². The van der Waals surface area contributed by atoms with E-state index in [1.54, 1.807) is 6.33 Å². The molecule has 14 heteroatoms. The number of hydrogen-bond donors (Lipinski definition) is 2. The van der Waals surface area contributed by atoms with Crippen LogP contribution in [0.15, 0.2) is 96.3 Å². The summed E-state index contributed by atoms with van der Waals surface area (Å²) in [7, 11) is 0. The van der Waals surface area contributed by atoms with E-state index in [1.807, 2.05) is 111 Å². The first-order valence-electron chi connectivity index (χ1n) is 29.5. The molecule has 464 valence electrons. The van der Waals surface area contributed by atoms with Crippen LogP contribution in [0, 0.1) is 52.4 Å². The summed E-state index contributed by atoms with van der Waals surface area (Å²) < 4.78 is 4.98. The third-order valence-electron chi connectivity index (χ3n) is 12.7. The number of imidazole rings is 1. The van der Waals surface area contributed by atoms with Crippen LogP contribution in [-0.2, 0) is 42.0 Å². The molecular weight excluding hydrogens is 1040 g/mol. The van der Waals surface area contributed by atoms with Crippen molar-refractivity contribution < 1.29 is 9.53 Å². The summed E-state index contributed by atoms with van der Waals surface area (Å²) in [6, 6.07) is 12.2. The van der Waals surface area contributed by atoms with Gasteiger partial charge in [-0.15, -0.1) is 0 Å². The Morgan fingerprint density at radius 3 is 1.36 bits per heavy atom. The van der Waals surface area contributed by atoms with Crippen LogP contribution >= 0.6 is 0 Å². The first-order chi connectivity index (χ1) is 38.0. The van der Waals surface area contributed by atoms with Gasteiger partial charge < -0.3 is 9.72 Å². The lowest BCUT2D eigenvalue weighted by molar-refractivity contribution is -0.142. The van der Waals surface area contributed by atoms with Crippen LogP contribution in [0.4, 0.5) is 0 Å². The van der Waals surface area contributed by atoms with Gasteiger partial charge in [0.2, 0.25) is 0 Å². The zero-order valence-electron chi connectivity index (χ0n) is 58.2. The number of carbonyl (C=O) groups is 1. The van der Waals surface area contributed by atoms with E-state index in [4.69, 9.17) is 4.74 Å². The monoisotopic (exact) mass is 1150 g/mol. The van der Waals surface area contributed by atoms with Gasteiger partial charge in [-0.25, -0.2) is 39.7 Å². The first-order valence-corrected chi connectivity index (χ1v) is 29.5. The van der Waals surface area contributed by atoms with E-state index in [0.29, 0.717) is 0 Å². The second-order valence-electron chi connectivity index (χ2n) is 29.9. The molecular formula is C70H112N12O2. The van der Waals surface area contributed by atoms with E-state index in [1.165, 1.54) is 28.6 Å². The molecule has 0 saturated carbocycles. The number of allylic oxidation sites excluding steroid dienone is 1. The molecule has 84 heavy (non-hydrogen) atoms. The Morgan fingerprint density at radius 2 is 1.07 bits per heavy atom. The molecule has 14 nitrogen and oxygen atoms in total. The van der Waals surface area contributed by atoms with Crippen LogP contribution in [0.1, 0.15) is 242 Å². The molecule has 0 aromatic carbocycles. The molecule has 2 aliphatic heterocycles. The van der Waals surface area contributed by atoms with Crippen LogP contribution in [0.25, 0.3) is 0 Å². The minimum absolute atomic E-state index is 0.0304. The van der Waals surface area contributed by atoms with Crippen molar-refractivity contribution in [1.82, 2.24) is 55.1 Å². The summed E-state index contributed by atoms with van der Waals surface area (Å²) in [5.41, 5.74) is 14.0. The molecule has 0 aliphatic carbocycles. The molecule has 1 unspecified atom stereocenters. The number of H-pyrrole nitrogens is 2. The van der Waals surface area contributed by atoms with Gasteiger partial charge in [-0.2, -0.15) is 5.10 Å². The Balaban J connectivity index is 0.000000480. The molecule has 8 heterocycles. The number of carbonyl (C=O) groups excluding carboxylic acids is 1. The van der Waals surface area contributed by atoms with Gasteiger partial charge >= 0.3 is 5.97 Å². The fourth-order valence-corrected chi connectivity index (χ4v) is 7.36. The Morgan fingerprint density at radius 1 is 0.512 bits per heavy atom. The Bertz CT molecular complexity index is 2760. The van der Waals surface area contributed by atoms with Crippen molar-refractivity contribution in [2.75, 3.05) is 6.54 Å². The minimum Gasteiger partial charge on any atom is -0.454 e. The number of cyclic esters (lactones) is 1. The number of aliphatic imine (C=N–C) groups is 1. The lowest BCUT2D eigenvalue weighted by Crippen LogP contribution is -2.25. The van der Waals surface area contributed by atoms with E-state index < -0.39 is 0 Å². The highest BCUT2D eigenvalue weighted by atomic mass is 16.5. The third kappa shape index (κ3) is 29.8. The van der Waals surface area contributed by atoms with Crippen molar-refractivity contribution in [3.63, 3.8) is 0 Å². The molecule has 0 spiro atoms. The molecule has 0 bridgehead atoms. The van der Waals surface area contributed by atoms with Gasteiger partial charge in [-0.05, 0) is 113 Å². The lowest BCUT2D eigenvalue weighted by atomic mass is 9.84. The number of rotatable bonds is 0. The Hall–Kier alpha value is -6.57. The van der Waals surface area contributed by atoms with Crippen molar-refractivity contribution in [2.24, 2.45) is 15.8 Å². The molecule has 2 N–H and O–H groups in total. The van der Waals surface area contributed by atoms with E-state index >= 15 is 0 Å². The smallest absolute Gasteiger partial charge is 0.331 e. The molecule has 6 aromatic heterocycles. The zero-order valence-corrected chi connectivity index (χ0v) is 58.2. The zero-order chi connectivity index (χ0) is 65.0. The molecule has 2 aliphatic rings. The van der Waals surface area contributed by atoms with Crippen molar-refractivity contribution >= 4 is 11.7 Å². The first kappa shape index (κ1) is 75.4. The summed E-state index contributed by atoms with van der Waals surface area (Å²) in [5, 5.41) is 7.09. The van der Waals surface area contributed by atoms with Gasteiger partial charge in [-0.3, -0.25) is 15.1 Å². The van der Waals surface area contributed by atoms with Crippen molar-refractivity contribution in [3.8, 4) is 0 Å². The van der Waals surface area contributed by atoms with Crippen LogP contribution < -0.4 is 0 Å². The number of nitrogens with one attached hydrogen (secondary N) is 2. The average Bonchev–Trinajstić information content (AvgIpc) is 4.30. The molecule has 0 radical (unpaired) electrons. The number of pyridine rings is 1. The number of aromatic amines is 2. The maximum Gasteiger partial charge on any atom is 0.331 e. The van der Waals surface area contributed by atoms with Gasteiger partial charge in [0.25, 0.3) is 0 Å². The highest BCUT2D eigenvalue weighted by molar-refractivity contribution is 6.00. The van der Waals surface area contributed by atoms with Gasteiger partial charge in [-0.1, -0.05) is 172 Å². The maximum absolute atomic E-state index is 10.6.